The third-order valence-electron chi connectivity index (χ3n) is 5.12. The van der Waals surface area contributed by atoms with Gasteiger partial charge in [0.15, 0.2) is 0 Å². The first-order chi connectivity index (χ1) is 15.1. The average Bonchev–Trinajstić information content (AvgIpc) is 2.79. The molecule has 5 heteroatoms. The fourth-order valence-corrected chi connectivity index (χ4v) is 3.51. The molecule has 0 radical (unpaired) electrons. The molecule has 0 atom stereocenters. The Balaban J connectivity index is 1.84. The maximum atomic E-state index is 13.7. The SMILES string of the molecule is CCCCOc1cc(-c2cc(C(=O)O)c3cc(F)ccc3n2)ccc1-c1ccccc1. The molecule has 1 aromatic heterocycles. The number of aromatic nitrogens is 1. The first-order valence-electron chi connectivity index (χ1n) is 10.2. The monoisotopic (exact) mass is 415 g/mol. The molecule has 0 saturated heterocycles. The van der Waals surface area contributed by atoms with Gasteiger partial charge in [-0.05, 0) is 48.4 Å². The lowest BCUT2D eigenvalue weighted by atomic mass is 9.99. The molecule has 156 valence electrons. The van der Waals surface area contributed by atoms with Crippen molar-refractivity contribution in [2.75, 3.05) is 6.61 Å². The van der Waals surface area contributed by atoms with Crippen LogP contribution in [0.1, 0.15) is 30.1 Å². The first kappa shape index (κ1) is 20.5. The van der Waals surface area contributed by atoms with Gasteiger partial charge < -0.3 is 9.84 Å². The summed E-state index contributed by atoms with van der Waals surface area (Å²) in [5, 5.41) is 9.94. The van der Waals surface area contributed by atoms with Crippen LogP contribution in [0.15, 0.2) is 72.8 Å². The summed E-state index contributed by atoms with van der Waals surface area (Å²) in [4.78, 5) is 16.4. The fraction of sp³-hybridized carbons (Fsp3) is 0.154. The van der Waals surface area contributed by atoms with Crippen LogP contribution in [-0.2, 0) is 0 Å². The Bertz CT molecular complexity index is 1240. The van der Waals surface area contributed by atoms with Crippen LogP contribution in [-0.4, -0.2) is 22.7 Å². The molecule has 0 saturated carbocycles. The summed E-state index contributed by atoms with van der Waals surface area (Å²) in [6.45, 7) is 2.69. The van der Waals surface area contributed by atoms with Gasteiger partial charge in [0.05, 0.1) is 23.4 Å². The second-order valence-electron chi connectivity index (χ2n) is 7.30. The van der Waals surface area contributed by atoms with Crippen molar-refractivity contribution >= 4 is 16.9 Å². The molecule has 31 heavy (non-hydrogen) atoms. The quantitative estimate of drug-likeness (QED) is 0.346. The molecule has 1 heterocycles. The highest BCUT2D eigenvalue weighted by atomic mass is 19.1. The van der Waals surface area contributed by atoms with Crippen molar-refractivity contribution < 1.29 is 19.0 Å². The largest absolute Gasteiger partial charge is 0.493 e. The molecular weight excluding hydrogens is 393 g/mol. The van der Waals surface area contributed by atoms with E-state index in [1.54, 1.807) is 0 Å². The van der Waals surface area contributed by atoms with E-state index in [-0.39, 0.29) is 10.9 Å². The van der Waals surface area contributed by atoms with E-state index in [0.717, 1.165) is 35.3 Å². The molecule has 0 amide bonds. The van der Waals surface area contributed by atoms with Gasteiger partial charge >= 0.3 is 5.97 Å². The van der Waals surface area contributed by atoms with E-state index in [1.165, 1.54) is 24.3 Å². The lowest BCUT2D eigenvalue weighted by Gasteiger charge is -2.14. The number of fused-ring (bicyclic) bond motifs is 1. The number of carbonyl (C=O) groups is 1. The molecule has 0 bridgehead atoms. The number of hydrogen-bond acceptors (Lipinski definition) is 3. The summed E-state index contributed by atoms with van der Waals surface area (Å²) >= 11 is 0. The third kappa shape index (κ3) is 4.40. The fourth-order valence-electron chi connectivity index (χ4n) is 3.51. The highest BCUT2D eigenvalue weighted by molar-refractivity contribution is 6.03. The van der Waals surface area contributed by atoms with E-state index < -0.39 is 11.8 Å². The lowest BCUT2D eigenvalue weighted by molar-refractivity contribution is 0.0699. The van der Waals surface area contributed by atoms with Crippen LogP contribution in [0.2, 0.25) is 0 Å². The number of pyridine rings is 1. The van der Waals surface area contributed by atoms with Crippen LogP contribution in [0.5, 0.6) is 5.75 Å². The van der Waals surface area contributed by atoms with Crippen molar-refractivity contribution in [3.8, 4) is 28.1 Å². The summed E-state index contributed by atoms with van der Waals surface area (Å²) in [6, 6.07) is 21.2. The normalized spacial score (nSPS) is 10.9. The number of ether oxygens (including phenoxy) is 1. The van der Waals surface area contributed by atoms with E-state index in [9.17, 15) is 14.3 Å². The van der Waals surface area contributed by atoms with Crippen molar-refractivity contribution in [1.82, 2.24) is 4.98 Å². The van der Waals surface area contributed by atoms with E-state index in [2.05, 4.69) is 11.9 Å². The zero-order valence-electron chi connectivity index (χ0n) is 17.1. The van der Waals surface area contributed by atoms with Gasteiger partial charge in [-0.2, -0.15) is 0 Å². The Morgan fingerprint density at radius 2 is 1.81 bits per heavy atom. The molecule has 0 aliphatic carbocycles. The molecule has 4 aromatic rings. The minimum atomic E-state index is -1.13. The minimum absolute atomic E-state index is 0.0140. The summed E-state index contributed by atoms with van der Waals surface area (Å²) in [6.07, 6.45) is 1.95. The van der Waals surface area contributed by atoms with Crippen molar-refractivity contribution in [1.29, 1.82) is 0 Å². The molecular formula is C26H22FNO3. The Morgan fingerprint density at radius 1 is 1.00 bits per heavy atom. The second-order valence-corrected chi connectivity index (χ2v) is 7.30. The number of benzene rings is 3. The number of hydrogen-bond donors (Lipinski definition) is 1. The van der Waals surface area contributed by atoms with Gasteiger partial charge in [-0.15, -0.1) is 0 Å². The summed E-state index contributed by atoms with van der Waals surface area (Å²) in [5.74, 6) is -0.905. The molecule has 0 aliphatic heterocycles. The number of nitrogens with zero attached hydrogens (tertiary/aromatic N) is 1. The van der Waals surface area contributed by atoms with Crippen LogP contribution in [0.4, 0.5) is 4.39 Å². The van der Waals surface area contributed by atoms with Crippen LogP contribution >= 0.6 is 0 Å². The Labute approximate surface area is 180 Å². The highest BCUT2D eigenvalue weighted by Gasteiger charge is 2.15. The maximum absolute atomic E-state index is 13.7. The minimum Gasteiger partial charge on any atom is -0.493 e. The van der Waals surface area contributed by atoms with E-state index >= 15 is 0 Å². The smallest absolute Gasteiger partial charge is 0.336 e. The molecule has 0 aliphatic rings. The van der Waals surface area contributed by atoms with Crippen molar-refractivity contribution in [3.05, 3.63) is 84.2 Å². The number of unbranched alkanes of at least 4 members (excludes halogenated alkanes) is 1. The number of aromatic carboxylic acids is 1. The predicted molar refractivity (Wildman–Crippen MR) is 120 cm³/mol. The van der Waals surface area contributed by atoms with Gasteiger partial charge in [0.2, 0.25) is 0 Å². The second kappa shape index (κ2) is 8.96. The zero-order valence-corrected chi connectivity index (χ0v) is 17.1. The van der Waals surface area contributed by atoms with Crippen LogP contribution in [0.3, 0.4) is 0 Å². The van der Waals surface area contributed by atoms with Crippen molar-refractivity contribution in [2.45, 2.75) is 19.8 Å². The molecule has 0 fully saturated rings. The Kier molecular flexibility index (Phi) is 5.94. The topological polar surface area (TPSA) is 59.4 Å². The lowest BCUT2D eigenvalue weighted by Crippen LogP contribution is -2.02. The standard InChI is InChI=1S/C26H22FNO3/c1-2-3-13-31-25-14-18(9-11-20(25)17-7-5-4-6-8-17)24-16-22(26(29)30)21-15-19(27)10-12-23(21)28-24/h4-12,14-16H,2-3,13H2,1H3,(H,29,30). The Hall–Kier alpha value is -3.73. The number of rotatable bonds is 7. The maximum Gasteiger partial charge on any atom is 0.336 e. The predicted octanol–water partition coefficient (Wildman–Crippen LogP) is 6.59. The van der Waals surface area contributed by atoms with Crippen LogP contribution in [0, 0.1) is 5.82 Å². The van der Waals surface area contributed by atoms with Crippen LogP contribution < -0.4 is 4.74 Å². The number of carboxylic acid groups (broad SMARTS) is 1. The Morgan fingerprint density at radius 3 is 2.55 bits per heavy atom. The van der Waals surface area contributed by atoms with Gasteiger partial charge in [-0.3, -0.25) is 0 Å². The molecule has 0 spiro atoms. The van der Waals surface area contributed by atoms with Gasteiger partial charge in [-0.25, -0.2) is 14.2 Å². The van der Waals surface area contributed by atoms with Crippen LogP contribution in [0.25, 0.3) is 33.3 Å². The molecule has 4 nitrogen and oxygen atoms in total. The van der Waals surface area contributed by atoms with Gasteiger partial charge in [-0.1, -0.05) is 49.7 Å². The van der Waals surface area contributed by atoms with Gasteiger partial charge in [0.25, 0.3) is 0 Å². The van der Waals surface area contributed by atoms with E-state index in [4.69, 9.17) is 4.74 Å². The molecule has 0 unspecified atom stereocenters. The molecule has 4 rings (SSSR count). The summed E-state index contributed by atoms with van der Waals surface area (Å²) in [5.41, 5.74) is 3.67. The van der Waals surface area contributed by atoms with Gasteiger partial charge in [0.1, 0.15) is 11.6 Å². The number of halogens is 1. The average molecular weight is 415 g/mol. The van der Waals surface area contributed by atoms with Crippen molar-refractivity contribution in [2.24, 2.45) is 0 Å². The van der Waals surface area contributed by atoms with Gasteiger partial charge in [0, 0.05) is 16.5 Å². The van der Waals surface area contributed by atoms with E-state index in [0.29, 0.717) is 17.8 Å². The summed E-state index contributed by atoms with van der Waals surface area (Å²) in [7, 11) is 0. The highest BCUT2D eigenvalue weighted by Crippen LogP contribution is 2.35. The summed E-state index contributed by atoms with van der Waals surface area (Å²) < 4.78 is 19.8. The molecule has 3 aromatic carbocycles. The molecule has 1 N–H and O–H groups in total. The number of carboxylic acids is 1. The zero-order chi connectivity index (χ0) is 21.8. The first-order valence-corrected chi connectivity index (χ1v) is 10.2. The van der Waals surface area contributed by atoms with E-state index in [1.807, 2.05) is 48.5 Å². The third-order valence-corrected chi connectivity index (χ3v) is 5.12. The van der Waals surface area contributed by atoms with Crippen molar-refractivity contribution in [3.63, 3.8) is 0 Å².